The van der Waals surface area contributed by atoms with Crippen LogP contribution in [0.5, 0.6) is 5.75 Å². The predicted octanol–water partition coefficient (Wildman–Crippen LogP) is 5.30. The number of nitrogens with zero attached hydrogens (tertiary/aromatic N) is 1. The molecule has 2 aromatic heterocycles. The zero-order chi connectivity index (χ0) is 18.8. The Labute approximate surface area is 166 Å². The number of hydrogen-bond donors (Lipinski definition) is 1. The van der Waals surface area contributed by atoms with Crippen LogP contribution in [-0.4, -0.2) is 10.9 Å². The fourth-order valence-electron chi connectivity index (χ4n) is 3.05. The summed E-state index contributed by atoms with van der Waals surface area (Å²) >= 11 is 11.8. The lowest BCUT2D eigenvalue weighted by molar-refractivity contribution is 0.0992. The molecule has 0 aliphatic heterocycles. The molecule has 1 aliphatic carbocycles. The molecular weight excluding hydrogens is 387 g/mol. The number of aryl methyl sites for hydroxylation is 2. The molecule has 7 heteroatoms. The van der Waals surface area contributed by atoms with E-state index in [0.29, 0.717) is 10.8 Å². The Morgan fingerprint density at radius 2 is 2.00 bits per heavy atom. The van der Waals surface area contributed by atoms with Gasteiger partial charge < -0.3 is 14.5 Å². The fraction of sp³-hybridized carbons (Fsp3) is 0.200. The topological polar surface area (TPSA) is 64.4 Å². The highest BCUT2D eigenvalue weighted by Gasteiger charge is 2.15. The number of aromatic nitrogens is 1. The quantitative estimate of drug-likeness (QED) is 0.628. The number of nitrogens with one attached hydrogen (secondary N) is 1. The molecule has 0 bridgehead atoms. The maximum absolute atomic E-state index is 12.3. The zero-order valence-corrected chi connectivity index (χ0v) is 15.8. The third kappa shape index (κ3) is 4.10. The summed E-state index contributed by atoms with van der Waals surface area (Å²) < 4.78 is 11.3. The minimum atomic E-state index is -0.449. The van der Waals surface area contributed by atoms with E-state index >= 15 is 0 Å². The molecule has 138 valence electrons. The first-order chi connectivity index (χ1) is 13.1. The molecular formula is C20H16Cl2N2O3. The first-order valence-electron chi connectivity index (χ1n) is 8.54. The summed E-state index contributed by atoms with van der Waals surface area (Å²) in [6, 6.07) is 11.0. The van der Waals surface area contributed by atoms with Crippen molar-refractivity contribution in [3.8, 4) is 5.75 Å². The van der Waals surface area contributed by atoms with Crippen LogP contribution < -0.4 is 10.1 Å². The molecule has 1 aliphatic rings. The molecule has 0 atom stereocenters. The Morgan fingerprint density at radius 3 is 2.85 bits per heavy atom. The van der Waals surface area contributed by atoms with Crippen molar-refractivity contribution in [2.45, 2.75) is 25.9 Å². The Balaban J connectivity index is 1.38. The number of amides is 1. The standard InChI is InChI=1S/C20H16Cl2N2O3/c21-14-9-17(22)19(23-10-14)24-20(25)18-7-6-16(27-18)11-26-15-5-4-12-2-1-3-13(12)8-15/h4-10H,1-3,11H2,(H,23,24,25). The highest BCUT2D eigenvalue weighted by atomic mass is 35.5. The van der Waals surface area contributed by atoms with Crippen LogP contribution in [0.4, 0.5) is 5.82 Å². The molecule has 1 aromatic carbocycles. The molecule has 0 fully saturated rings. The highest BCUT2D eigenvalue weighted by Crippen LogP contribution is 2.27. The number of hydrogen-bond acceptors (Lipinski definition) is 4. The predicted molar refractivity (Wildman–Crippen MR) is 104 cm³/mol. The molecule has 0 saturated heterocycles. The van der Waals surface area contributed by atoms with E-state index < -0.39 is 5.91 Å². The van der Waals surface area contributed by atoms with Gasteiger partial charge in [-0.1, -0.05) is 29.3 Å². The number of furan rings is 1. The largest absolute Gasteiger partial charge is 0.486 e. The van der Waals surface area contributed by atoms with Crippen LogP contribution in [0, 0.1) is 0 Å². The number of anilines is 1. The first kappa shape index (κ1) is 17.9. The third-order valence-corrected chi connectivity index (χ3v) is 4.87. The molecule has 2 heterocycles. The van der Waals surface area contributed by atoms with Gasteiger partial charge in [-0.25, -0.2) is 4.98 Å². The summed E-state index contributed by atoms with van der Waals surface area (Å²) in [4.78, 5) is 16.3. The van der Waals surface area contributed by atoms with Crippen molar-refractivity contribution in [2.75, 3.05) is 5.32 Å². The van der Waals surface area contributed by atoms with Crippen molar-refractivity contribution in [3.05, 3.63) is 75.3 Å². The van der Waals surface area contributed by atoms with Gasteiger partial charge in [0.05, 0.1) is 10.0 Å². The number of carbonyl (C=O) groups is 1. The maximum Gasteiger partial charge on any atom is 0.292 e. The molecule has 0 spiro atoms. The number of ether oxygens (including phenoxy) is 1. The molecule has 27 heavy (non-hydrogen) atoms. The van der Waals surface area contributed by atoms with Crippen molar-refractivity contribution in [3.63, 3.8) is 0 Å². The van der Waals surface area contributed by atoms with Gasteiger partial charge in [0.1, 0.15) is 18.1 Å². The Kier molecular flexibility index (Phi) is 5.05. The van der Waals surface area contributed by atoms with E-state index in [1.807, 2.05) is 6.07 Å². The summed E-state index contributed by atoms with van der Waals surface area (Å²) in [7, 11) is 0. The third-order valence-electron chi connectivity index (χ3n) is 4.38. The van der Waals surface area contributed by atoms with Gasteiger partial charge in [-0.2, -0.15) is 0 Å². The van der Waals surface area contributed by atoms with Gasteiger partial charge in [-0.15, -0.1) is 0 Å². The Hall–Kier alpha value is -2.50. The number of pyridine rings is 1. The van der Waals surface area contributed by atoms with E-state index in [9.17, 15) is 4.79 Å². The lowest BCUT2D eigenvalue weighted by Crippen LogP contribution is -2.12. The molecule has 3 aromatic rings. The van der Waals surface area contributed by atoms with Gasteiger partial charge in [0.15, 0.2) is 11.6 Å². The number of fused-ring (bicyclic) bond motifs is 1. The number of carbonyl (C=O) groups excluding carboxylic acids is 1. The van der Waals surface area contributed by atoms with Gasteiger partial charge in [-0.05, 0) is 60.7 Å². The molecule has 0 radical (unpaired) electrons. The summed E-state index contributed by atoms with van der Waals surface area (Å²) in [6.45, 7) is 0.242. The molecule has 1 N–H and O–H groups in total. The number of rotatable bonds is 5. The van der Waals surface area contributed by atoms with E-state index in [-0.39, 0.29) is 23.2 Å². The average molecular weight is 403 g/mol. The minimum absolute atomic E-state index is 0.148. The lowest BCUT2D eigenvalue weighted by Gasteiger charge is -2.07. The SMILES string of the molecule is O=C(Nc1ncc(Cl)cc1Cl)c1ccc(COc2ccc3c(c2)CCC3)o1. The van der Waals surface area contributed by atoms with Gasteiger partial charge in [0, 0.05) is 6.20 Å². The van der Waals surface area contributed by atoms with E-state index in [0.717, 1.165) is 18.6 Å². The van der Waals surface area contributed by atoms with Gasteiger partial charge in [0.2, 0.25) is 0 Å². The monoisotopic (exact) mass is 402 g/mol. The summed E-state index contributed by atoms with van der Waals surface area (Å²) in [6.07, 6.45) is 4.83. The molecule has 5 nitrogen and oxygen atoms in total. The first-order valence-corrected chi connectivity index (χ1v) is 9.30. The number of halogens is 2. The zero-order valence-electron chi connectivity index (χ0n) is 14.3. The normalized spacial score (nSPS) is 12.7. The van der Waals surface area contributed by atoms with Crippen molar-refractivity contribution in [1.29, 1.82) is 0 Å². The van der Waals surface area contributed by atoms with Crippen molar-refractivity contribution < 1.29 is 13.9 Å². The van der Waals surface area contributed by atoms with Gasteiger partial charge in [-0.3, -0.25) is 4.79 Å². The van der Waals surface area contributed by atoms with Crippen LogP contribution in [0.15, 0.2) is 47.0 Å². The van der Waals surface area contributed by atoms with Crippen LogP contribution in [0.2, 0.25) is 10.0 Å². The summed E-state index contributed by atoms with van der Waals surface area (Å²) in [5.74, 6) is 1.27. The molecule has 4 rings (SSSR count). The smallest absolute Gasteiger partial charge is 0.292 e. The van der Waals surface area contributed by atoms with Crippen molar-refractivity contribution in [1.82, 2.24) is 4.98 Å². The lowest BCUT2D eigenvalue weighted by atomic mass is 10.1. The highest BCUT2D eigenvalue weighted by molar-refractivity contribution is 6.36. The average Bonchev–Trinajstić information content (AvgIpc) is 3.31. The van der Waals surface area contributed by atoms with Crippen molar-refractivity contribution in [2.24, 2.45) is 0 Å². The van der Waals surface area contributed by atoms with Crippen LogP contribution in [0.25, 0.3) is 0 Å². The Morgan fingerprint density at radius 1 is 1.15 bits per heavy atom. The van der Waals surface area contributed by atoms with E-state index in [1.165, 1.54) is 29.8 Å². The van der Waals surface area contributed by atoms with Gasteiger partial charge in [0.25, 0.3) is 5.91 Å². The van der Waals surface area contributed by atoms with Gasteiger partial charge >= 0.3 is 0 Å². The maximum atomic E-state index is 12.3. The fourth-order valence-corrected chi connectivity index (χ4v) is 3.47. The van der Waals surface area contributed by atoms with Crippen LogP contribution in [0.1, 0.15) is 33.9 Å². The summed E-state index contributed by atoms with van der Waals surface area (Å²) in [5, 5.41) is 3.24. The molecule has 0 saturated carbocycles. The van der Waals surface area contributed by atoms with E-state index in [1.54, 1.807) is 12.1 Å². The van der Waals surface area contributed by atoms with Crippen LogP contribution >= 0.6 is 23.2 Å². The second-order valence-corrected chi connectivity index (χ2v) is 7.12. The van der Waals surface area contributed by atoms with Crippen LogP contribution in [-0.2, 0) is 19.4 Å². The minimum Gasteiger partial charge on any atom is -0.486 e. The second kappa shape index (κ2) is 7.62. The molecule has 1 amide bonds. The van der Waals surface area contributed by atoms with E-state index in [4.69, 9.17) is 32.4 Å². The van der Waals surface area contributed by atoms with Crippen LogP contribution in [0.3, 0.4) is 0 Å². The number of benzene rings is 1. The van der Waals surface area contributed by atoms with Crippen molar-refractivity contribution >= 4 is 34.9 Å². The Bertz CT molecular complexity index is 1000. The van der Waals surface area contributed by atoms with E-state index in [2.05, 4.69) is 22.4 Å². The molecule has 0 unspecified atom stereocenters. The second-order valence-electron chi connectivity index (χ2n) is 6.28. The summed E-state index contributed by atoms with van der Waals surface area (Å²) in [5.41, 5.74) is 2.74.